The Balaban J connectivity index is 0.000000809. The van der Waals surface area contributed by atoms with E-state index in [1.165, 1.54) is 70.6 Å². The van der Waals surface area contributed by atoms with Gasteiger partial charge in [0.25, 0.3) is 0 Å². The quantitative estimate of drug-likeness (QED) is 0.380. The number of hydrogen-bond acceptors (Lipinski definition) is 1. The van der Waals surface area contributed by atoms with Crippen LogP contribution in [0.15, 0.2) is 24.5 Å². The molecule has 0 unspecified atom stereocenters. The van der Waals surface area contributed by atoms with Crippen LogP contribution in [0.2, 0.25) is 0 Å². The third-order valence-corrected chi connectivity index (χ3v) is 3.99. The molecule has 1 aromatic heterocycles. The molecule has 0 aliphatic heterocycles. The Morgan fingerprint density at radius 1 is 0.739 bits per heavy atom. The first-order chi connectivity index (χ1) is 11.3. The highest BCUT2D eigenvalue weighted by molar-refractivity contribution is 5.66. The highest BCUT2D eigenvalue weighted by atomic mass is 16.4. The second-order valence-electron chi connectivity index (χ2n) is 6.27. The predicted octanol–water partition coefficient (Wildman–Crippen LogP) is 6.57. The van der Waals surface area contributed by atoms with Gasteiger partial charge in [0.05, 0.1) is 0 Å². The molecular formula is C20H37NO2. The summed E-state index contributed by atoms with van der Waals surface area (Å²) in [5.41, 5.74) is 0. The number of H-pyrrole nitrogens is 1. The lowest BCUT2D eigenvalue weighted by atomic mass is 10.0. The van der Waals surface area contributed by atoms with Gasteiger partial charge in [0.2, 0.25) is 0 Å². The number of aromatic nitrogens is 1. The molecule has 0 aliphatic rings. The molecule has 3 nitrogen and oxygen atoms in total. The fourth-order valence-electron chi connectivity index (χ4n) is 2.57. The zero-order valence-corrected chi connectivity index (χ0v) is 15.1. The van der Waals surface area contributed by atoms with Crippen molar-refractivity contribution >= 4 is 5.97 Å². The van der Waals surface area contributed by atoms with E-state index < -0.39 is 5.97 Å². The molecule has 3 heteroatoms. The number of aromatic amines is 1. The smallest absolute Gasteiger partial charge is 0.303 e. The van der Waals surface area contributed by atoms with Crippen LogP contribution in [0.3, 0.4) is 0 Å². The van der Waals surface area contributed by atoms with Crippen LogP contribution in [0.25, 0.3) is 0 Å². The summed E-state index contributed by atoms with van der Waals surface area (Å²) in [6.45, 7) is 2.26. The number of carboxylic acids is 1. The standard InChI is InChI=1S/C16H32O2.C4H5N/c1-2-3-4-5-6-7-8-9-10-11-12-13-14-15-16(17)18;1-2-4-5-3-1/h2-15H2,1H3,(H,17,18);1-5H. The Labute approximate surface area is 142 Å². The molecule has 0 saturated heterocycles. The summed E-state index contributed by atoms with van der Waals surface area (Å²) >= 11 is 0. The molecule has 0 radical (unpaired) electrons. The molecule has 0 aromatic carbocycles. The van der Waals surface area contributed by atoms with E-state index in [0.29, 0.717) is 6.42 Å². The Morgan fingerprint density at radius 3 is 1.43 bits per heavy atom. The van der Waals surface area contributed by atoms with Crippen LogP contribution in [-0.4, -0.2) is 16.1 Å². The van der Waals surface area contributed by atoms with Crippen molar-refractivity contribution in [2.75, 3.05) is 0 Å². The molecule has 0 amide bonds. The molecular weight excluding hydrogens is 286 g/mol. The molecule has 1 heterocycles. The van der Waals surface area contributed by atoms with Gasteiger partial charge < -0.3 is 10.1 Å². The number of nitrogens with one attached hydrogen (secondary N) is 1. The van der Waals surface area contributed by atoms with Gasteiger partial charge in [0.15, 0.2) is 0 Å². The average molecular weight is 324 g/mol. The molecule has 0 atom stereocenters. The van der Waals surface area contributed by atoms with Crippen molar-refractivity contribution < 1.29 is 9.90 Å². The molecule has 0 saturated carbocycles. The minimum Gasteiger partial charge on any atom is -0.481 e. The van der Waals surface area contributed by atoms with Gasteiger partial charge in [0, 0.05) is 18.8 Å². The molecule has 134 valence electrons. The summed E-state index contributed by atoms with van der Waals surface area (Å²) in [6.07, 6.45) is 21.0. The van der Waals surface area contributed by atoms with Crippen molar-refractivity contribution in [2.24, 2.45) is 0 Å². The highest BCUT2D eigenvalue weighted by Gasteiger charge is 1.96. The summed E-state index contributed by atoms with van der Waals surface area (Å²) < 4.78 is 0. The van der Waals surface area contributed by atoms with E-state index >= 15 is 0 Å². The second-order valence-corrected chi connectivity index (χ2v) is 6.27. The van der Waals surface area contributed by atoms with Gasteiger partial charge in [-0.3, -0.25) is 4.79 Å². The highest BCUT2D eigenvalue weighted by Crippen LogP contribution is 2.12. The van der Waals surface area contributed by atoms with Crippen LogP contribution in [0.1, 0.15) is 96.8 Å². The second kappa shape index (κ2) is 18.8. The van der Waals surface area contributed by atoms with Crippen LogP contribution >= 0.6 is 0 Å². The summed E-state index contributed by atoms with van der Waals surface area (Å²) in [4.78, 5) is 13.2. The normalized spacial score (nSPS) is 10.1. The number of carbonyl (C=O) groups is 1. The Morgan fingerprint density at radius 2 is 1.13 bits per heavy atom. The van der Waals surface area contributed by atoms with Crippen LogP contribution in [-0.2, 0) is 4.79 Å². The molecule has 2 N–H and O–H groups in total. The first-order valence-electron chi connectivity index (χ1n) is 9.57. The molecule has 0 fully saturated rings. The summed E-state index contributed by atoms with van der Waals surface area (Å²) in [6, 6.07) is 3.89. The maximum atomic E-state index is 10.3. The van der Waals surface area contributed by atoms with Crippen molar-refractivity contribution in [1.82, 2.24) is 4.98 Å². The summed E-state index contributed by atoms with van der Waals surface area (Å²) in [5, 5.41) is 8.49. The molecule has 0 spiro atoms. The van der Waals surface area contributed by atoms with E-state index in [9.17, 15) is 4.79 Å². The van der Waals surface area contributed by atoms with Crippen LogP contribution in [0.5, 0.6) is 0 Å². The van der Waals surface area contributed by atoms with Gasteiger partial charge in [-0.2, -0.15) is 0 Å². The number of unbranched alkanes of at least 4 members (excludes halogenated alkanes) is 12. The number of hydrogen-bond donors (Lipinski definition) is 2. The van der Waals surface area contributed by atoms with Gasteiger partial charge in [-0.25, -0.2) is 0 Å². The largest absolute Gasteiger partial charge is 0.481 e. The molecule has 1 rings (SSSR count). The van der Waals surface area contributed by atoms with E-state index in [2.05, 4.69) is 11.9 Å². The lowest BCUT2D eigenvalue weighted by Gasteiger charge is -2.02. The third-order valence-electron chi connectivity index (χ3n) is 3.99. The fourth-order valence-corrected chi connectivity index (χ4v) is 2.57. The SMILES string of the molecule is CCCCCCCCCCCCCCCC(=O)O.c1cc[nH]c1. The minimum atomic E-state index is -0.655. The summed E-state index contributed by atoms with van der Waals surface area (Å²) in [5.74, 6) is -0.655. The topological polar surface area (TPSA) is 53.1 Å². The predicted molar refractivity (Wildman–Crippen MR) is 98.7 cm³/mol. The zero-order chi connectivity index (χ0) is 17.0. The van der Waals surface area contributed by atoms with E-state index in [1.54, 1.807) is 0 Å². The van der Waals surface area contributed by atoms with Crippen molar-refractivity contribution in [3.63, 3.8) is 0 Å². The lowest BCUT2D eigenvalue weighted by Crippen LogP contribution is -1.93. The van der Waals surface area contributed by atoms with Gasteiger partial charge >= 0.3 is 5.97 Å². The number of rotatable bonds is 14. The molecule has 0 aliphatic carbocycles. The first kappa shape index (κ1) is 21.8. The molecule has 23 heavy (non-hydrogen) atoms. The lowest BCUT2D eigenvalue weighted by molar-refractivity contribution is -0.137. The van der Waals surface area contributed by atoms with Gasteiger partial charge in [-0.15, -0.1) is 0 Å². The van der Waals surface area contributed by atoms with Crippen molar-refractivity contribution in [1.29, 1.82) is 0 Å². The zero-order valence-electron chi connectivity index (χ0n) is 15.1. The van der Waals surface area contributed by atoms with E-state index in [1.807, 2.05) is 24.5 Å². The van der Waals surface area contributed by atoms with Gasteiger partial charge in [-0.1, -0.05) is 84.0 Å². The van der Waals surface area contributed by atoms with E-state index in [4.69, 9.17) is 5.11 Å². The maximum absolute atomic E-state index is 10.3. The number of carboxylic acid groups (broad SMARTS) is 1. The van der Waals surface area contributed by atoms with Crippen LogP contribution in [0, 0.1) is 0 Å². The van der Waals surface area contributed by atoms with Gasteiger partial charge in [-0.05, 0) is 18.6 Å². The molecule has 1 aromatic rings. The van der Waals surface area contributed by atoms with E-state index in [0.717, 1.165) is 12.8 Å². The van der Waals surface area contributed by atoms with E-state index in [-0.39, 0.29) is 0 Å². The molecule has 0 bridgehead atoms. The first-order valence-corrected chi connectivity index (χ1v) is 9.57. The average Bonchev–Trinajstić information content (AvgIpc) is 3.11. The fraction of sp³-hybridized carbons (Fsp3) is 0.750. The Hall–Kier alpha value is -1.25. The van der Waals surface area contributed by atoms with Crippen molar-refractivity contribution in [3.8, 4) is 0 Å². The maximum Gasteiger partial charge on any atom is 0.303 e. The van der Waals surface area contributed by atoms with Crippen LogP contribution < -0.4 is 0 Å². The number of aliphatic carboxylic acids is 1. The minimum absolute atomic E-state index is 0.345. The monoisotopic (exact) mass is 323 g/mol. The Bertz CT molecular complexity index is 305. The third kappa shape index (κ3) is 20.8. The Kier molecular flexibility index (Phi) is 17.8. The summed E-state index contributed by atoms with van der Waals surface area (Å²) in [7, 11) is 0. The van der Waals surface area contributed by atoms with Crippen molar-refractivity contribution in [3.05, 3.63) is 24.5 Å². The van der Waals surface area contributed by atoms with Crippen molar-refractivity contribution in [2.45, 2.75) is 96.8 Å². The van der Waals surface area contributed by atoms with Gasteiger partial charge in [0.1, 0.15) is 0 Å². The van der Waals surface area contributed by atoms with Crippen LogP contribution in [0.4, 0.5) is 0 Å².